The third kappa shape index (κ3) is 6.42. The molecule has 0 aliphatic heterocycles. The molecule has 3 aromatic heterocycles. The van der Waals surface area contributed by atoms with Gasteiger partial charge in [0.1, 0.15) is 11.4 Å². The number of aromatic nitrogens is 3. The quantitative estimate of drug-likeness (QED) is 0.169. The number of oxazole rings is 1. The molecule has 8 aromatic rings. The Balaban J connectivity index is 0.00000528. The molecule has 0 saturated heterocycles. The molecule has 53 heavy (non-hydrogen) atoms. The van der Waals surface area contributed by atoms with Crippen LogP contribution in [-0.2, 0) is 31.9 Å². The topological polar surface area (TPSA) is 63.6 Å². The van der Waals surface area contributed by atoms with Gasteiger partial charge < -0.3 is 14.5 Å². The maximum absolute atomic E-state index is 11.5. The van der Waals surface area contributed by atoms with Gasteiger partial charge in [0.25, 0.3) is 0 Å². The first-order valence-corrected chi connectivity index (χ1v) is 17.3. The smallest absolute Gasteiger partial charge is 0.229 e. The molecular weight excluding hydrogens is 834 g/mol. The van der Waals surface area contributed by atoms with Crippen LogP contribution in [0.25, 0.3) is 61.7 Å². The van der Waals surface area contributed by atoms with Crippen molar-refractivity contribution >= 4 is 16.8 Å². The maximum Gasteiger partial charge on any atom is 0.229 e. The van der Waals surface area contributed by atoms with Gasteiger partial charge in [0.2, 0.25) is 5.71 Å². The van der Waals surface area contributed by atoms with E-state index in [4.69, 9.17) is 17.6 Å². The van der Waals surface area contributed by atoms with E-state index < -0.39 is 19.1 Å². The molecule has 0 radical (unpaired) electrons. The first kappa shape index (κ1) is 29.2. The molecular formula is C47H42N3O2Pt-. The molecule has 0 saturated carbocycles. The van der Waals surface area contributed by atoms with Crippen LogP contribution in [-0.4, -0.2) is 19.5 Å². The fraction of sp³-hybridized carbons (Fsp3) is 0.191. The Labute approximate surface area is 334 Å². The number of hydrogen-bond acceptors (Lipinski definition) is 4. The first-order chi connectivity index (χ1) is 27.3. The van der Waals surface area contributed by atoms with Gasteiger partial charge in [0, 0.05) is 40.9 Å². The molecule has 0 amide bonds. The normalized spacial score (nSPS) is 14.1. The van der Waals surface area contributed by atoms with Crippen LogP contribution < -0.4 is 0 Å². The number of phenols is 1. The van der Waals surface area contributed by atoms with Crippen molar-refractivity contribution in [3.05, 3.63) is 155 Å². The van der Waals surface area contributed by atoms with E-state index in [2.05, 4.69) is 50.0 Å². The average molecular weight is 882 g/mol. The van der Waals surface area contributed by atoms with Gasteiger partial charge in [-0.2, -0.15) is 0 Å². The maximum atomic E-state index is 11.5. The number of pyridine rings is 1. The summed E-state index contributed by atoms with van der Waals surface area (Å²) in [6.07, 6.45) is 1.55. The zero-order valence-electron chi connectivity index (χ0n) is 36.1. The summed E-state index contributed by atoms with van der Waals surface area (Å²) in [4.78, 5) is 9.87. The van der Waals surface area contributed by atoms with E-state index in [1.165, 1.54) is 18.2 Å². The first-order valence-electron chi connectivity index (χ1n) is 20.3. The molecule has 5 aromatic carbocycles. The summed E-state index contributed by atoms with van der Waals surface area (Å²) in [6, 6.07) is 38.9. The minimum atomic E-state index is -2.55. The van der Waals surface area contributed by atoms with Crippen molar-refractivity contribution < 1.29 is 38.8 Å². The Bertz CT molecular complexity index is 2820. The number of aromatic hydroxyl groups is 1. The summed E-state index contributed by atoms with van der Waals surface area (Å²) in [5.74, 6) is 0.644. The third-order valence-corrected chi connectivity index (χ3v) is 9.90. The molecule has 0 spiro atoms. The van der Waals surface area contributed by atoms with Crippen LogP contribution >= 0.6 is 0 Å². The van der Waals surface area contributed by atoms with Crippen molar-refractivity contribution in [1.82, 2.24) is 14.4 Å². The minimum absolute atomic E-state index is 0. The third-order valence-electron chi connectivity index (χ3n) is 9.90. The Kier molecular flexibility index (Phi) is 7.51. The van der Waals surface area contributed by atoms with E-state index in [0.717, 1.165) is 27.8 Å². The summed E-state index contributed by atoms with van der Waals surface area (Å²) in [5.41, 5.74) is 7.61. The molecule has 0 atom stereocenters. The van der Waals surface area contributed by atoms with Crippen LogP contribution in [0, 0.1) is 19.8 Å². The Morgan fingerprint density at radius 3 is 2.23 bits per heavy atom. The summed E-state index contributed by atoms with van der Waals surface area (Å²) in [7, 11) is 0. The van der Waals surface area contributed by atoms with Gasteiger partial charge in [0.15, 0.2) is 11.4 Å². The van der Waals surface area contributed by atoms with Crippen molar-refractivity contribution in [2.24, 2.45) is 0 Å². The molecule has 8 rings (SSSR count). The van der Waals surface area contributed by atoms with Gasteiger partial charge >= 0.3 is 0 Å². The van der Waals surface area contributed by atoms with Gasteiger partial charge in [-0.3, -0.25) is 4.40 Å². The zero-order chi connectivity index (χ0) is 41.4. The van der Waals surface area contributed by atoms with Crippen molar-refractivity contribution in [2.75, 3.05) is 0 Å². The van der Waals surface area contributed by atoms with Crippen molar-refractivity contribution in [2.45, 2.75) is 59.2 Å². The predicted octanol–water partition coefficient (Wildman–Crippen LogP) is 11.9. The van der Waals surface area contributed by atoms with Crippen molar-refractivity contribution in [3.8, 4) is 50.6 Å². The number of phenolic OH excluding ortho intramolecular Hbond substituents is 1. The van der Waals surface area contributed by atoms with Crippen LogP contribution in [0.3, 0.4) is 0 Å². The minimum Gasteiger partial charge on any atom is -0.507 e. The second-order valence-corrected chi connectivity index (χ2v) is 14.8. The largest absolute Gasteiger partial charge is 0.507 e. The number of fused-ring (bicyclic) bond motifs is 3. The Hall–Kier alpha value is -5.25. The van der Waals surface area contributed by atoms with Gasteiger partial charge in [-0.05, 0) is 94.1 Å². The van der Waals surface area contributed by atoms with Crippen molar-refractivity contribution in [3.63, 3.8) is 0 Å². The molecule has 1 N–H and O–H groups in total. The average Bonchev–Trinajstić information content (AvgIpc) is 3.74. The zero-order valence-corrected chi connectivity index (χ0v) is 32.3. The van der Waals surface area contributed by atoms with Crippen LogP contribution in [0.1, 0.15) is 70.8 Å². The standard InChI is InChI=1S/C47H42N3O2.Pt/c1-29-13-11-14-30(2)42(29)34-23-24-48-38(26-34)33-17-12-18-36(25-33)47(6,7)43-45-50(44(49-43)37-21-20-35(28-40(37)51)46(3,4)5)39-22-19-32(27-41(39)52-45)31-15-9-8-10-16-31;/h8-24,26-28,51H,1-7H3;/q-1;/i1D3,2D3;. The van der Waals surface area contributed by atoms with E-state index in [-0.39, 0.29) is 48.9 Å². The van der Waals surface area contributed by atoms with E-state index in [1.807, 2.05) is 78.9 Å². The SMILES string of the molecule is [2H]C([2H])([2H])c1cccc(C([2H])([2H])[2H])c1-c1ccnc(-c2[c-]c(C(C)(C)c3nc(-c4ccc(C(C)(C)C)cc4O)n4c3oc3cc(-c5ccccc5)ccc34)ccc2)c1.[Pt]. The van der Waals surface area contributed by atoms with E-state index in [9.17, 15) is 5.11 Å². The van der Waals surface area contributed by atoms with Crippen LogP contribution in [0.15, 0.2) is 126 Å². The van der Waals surface area contributed by atoms with Crippen LogP contribution in [0.2, 0.25) is 0 Å². The van der Waals surface area contributed by atoms with Gasteiger partial charge in [-0.25, -0.2) is 4.98 Å². The molecule has 0 unspecified atom stereocenters. The molecule has 3 heterocycles. The van der Waals surface area contributed by atoms with Crippen LogP contribution in [0.5, 0.6) is 5.75 Å². The van der Waals surface area contributed by atoms with E-state index in [0.29, 0.717) is 45.2 Å². The summed E-state index contributed by atoms with van der Waals surface area (Å²) in [6.45, 7) is 5.30. The second kappa shape index (κ2) is 13.6. The van der Waals surface area contributed by atoms with E-state index >= 15 is 0 Å². The number of imidazole rings is 1. The fourth-order valence-electron chi connectivity index (χ4n) is 6.90. The number of rotatable bonds is 6. The monoisotopic (exact) mass is 881 g/mol. The van der Waals surface area contributed by atoms with Crippen LogP contribution in [0.4, 0.5) is 0 Å². The fourth-order valence-corrected chi connectivity index (χ4v) is 6.90. The Morgan fingerprint density at radius 2 is 1.51 bits per heavy atom. The number of nitrogens with zero attached hydrogens (tertiary/aromatic N) is 3. The molecule has 5 nitrogen and oxygen atoms in total. The molecule has 0 bridgehead atoms. The number of hydrogen-bond donors (Lipinski definition) is 1. The number of aryl methyl sites for hydroxylation is 2. The Morgan fingerprint density at radius 1 is 0.755 bits per heavy atom. The molecule has 0 fully saturated rings. The van der Waals surface area contributed by atoms with Gasteiger partial charge in [-0.15, -0.1) is 35.4 Å². The molecule has 6 heteroatoms. The van der Waals surface area contributed by atoms with Crippen molar-refractivity contribution in [1.29, 1.82) is 0 Å². The predicted molar refractivity (Wildman–Crippen MR) is 212 cm³/mol. The molecule has 268 valence electrons. The molecule has 0 aliphatic rings. The van der Waals surface area contributed by atoms with Gasteiger partial charge in [-0.1, -0.05) is 101 Å². The van der Waals surface area contributed by atoms with E-state index in [1.54, 1.807) is 24.4 Å². The molecule has 0 aliphatic carbocycles. The summed E-state index contributed by atoms with van der Waals surface area (Å²) < 4.78 is 57.9. The summed E-state index contributed by atoms with van der Waals surface area (Å²) in [5, 5.41) is 11.5. The summed E-state index contributed by atoms with van der Waals surface area (Å²) >= 11 is 0. The second-order valence-electron chi connectivity index (χ2n) is 14.8. The number of benzene rings is 5. The van der Waals surface area contributed by atoms with Gasteiger partial charge in [0.05, 0.1) is 11.1 Å².